The number of hydrogen-bond donors (Lipinski definition) is 0. The number of benzene rings is 2. The molecule has 0 N–H and O–H groups in total. The molecule has 0 unspecified atom stereocenters. The molecule has 0 spiro atoms. The summed E-state index contributed by atoms with van der Waals surface area (Å²) in [6.45, 7) is 4.01. The number of fused-ring (bicyclic) bond motifs is 2. The minimum Gasteiger partial charge on any atom is -0.318 e. The van der Waals surface area contributed by atoms with Crippen LogP contribution in [-0.4, -0.2) is 11.7 Å². The van der Waals surface area contributed by atoms with Crippen molar-refractivity contribution in [2.45, 2.75) is 37.3 Å². The summed E-state index contributed by atoms with van der Waals surface area (Å²) < 4.78 is 0. The van der Waals surface area contributed by atoms with Crippen LogP contribution in [0.4, 0.5) is 0 Å². The molecule has 0 fully saturated rings. The molecule has 0 bridgehead atoms. The fourth-order valence-electron chi connectivity index (χ4n) is 2.58. The first-order valence-corrected chi connectivity index (χ1v) is 8.77. The Morgan fingerprint density at radius 3 is 2.87 bits per heavy atom. The highest BCUT2D eigenvalue weighted by molar-refractivity contribution is 7.98. The van der Waals surface area contributed by atoms with Gasteiger partial charge in [-0.3, -0.25) is 0 Å². The van der Waals surface area contributed by atoms with E-state index in [0.29, 0.717) is 6.42 Å². The third-order valence-electron chi connectivity index (χ3n) is 3.74. The highest BCUT2D eigenvalue weighted by Gasteiger charge is 2.21. The molecule has 0 aliphatic carbocycles. The van der Waals surface area contributed by atoms with Gasteiger partial charge in [-0.1, -0.05) is 48.0 Å². The van der Waals surface area contributed by atoms with Crippen LogP contribution in [0.25, 0.3) is 0 Å². The first-order valence-electron chi connectivity index (χ1n) is 7.79. The molecule has 23 heavy (non-hydrogen) atoms. The van der Waals surface area contributed by atoms with Crippen LogP contribution in [-0.2, 0) is 15.4 Å². The average molecular weight is 325 g/mol. The summed E-state index contributed by atoms with van der Waals surface area (Å²) in [6, 6.07) is 14.5. The van der Waals surface area contributed by atoms with Crippen LogP contribution in [0, 0.1) is 6.92 Å². The summed E-state index contributed by atoms with van der Waals surface area (Å²) in [5.74, 6) is 0.595. The maximum atomic E-state index is 11.7. The van der Waals surface area contributed by atoms with Gasteiger partial charge in [0.25, 0.3) is 0 Å². The SMILES string of the molecule is CCCC(=O)O/N=C1\c2ccccc2CSc2ccc(C)cc21. The van der Waals surface area contributed by atoms with E-state index in [1.54, 1.807) is 11.8 Å². The number of rotatable bonds is 3. The van der Waals surface area contributed by atoms with Crippen LogP contribution in [0.5, 0.6) is 0 Å². The predicted octanol–water partition coefficient (Wildman–Crippen LogP) is 4.70. The van der Waals surface area contributed by atoms with Crippen molar-refractivity contribution in [2.24, 2.45) is 5.16 Å². The molecule has 1 aliphatic rings. The van der Waals surface area contributed by atoms with Crippen LogP contribution in [0.1, 0.15) is 42.0 Å². The summed E-state index contributed by atoms with van der Waals surface area (Å²) in [5, 5.41) is 4.24. The molecule has 2 aromatic rings. The number of thioether (sulfide) groups is 1. The van der Waals surface area contributed by atoms with E-state index in [1.165, 1.54) is 5.56 Å². The Morgan fingerprint density at radius 1 is 1.22 bits per heavy atom. The molecule has 0 radical (unpaired) electrons. The molecule has 0 amide bonds. The molecular weight excluding hydrogens is 306 g/mol. The van der Waals surface area contributed by atoms with E-state index in [2.05, 4.69) is 36.3 Å². The van der Waals surface area contributed by atoms with E-state index in [-0.39, 0.29) is 5.97 Å². The maximum absolute atomic E-state index is 11.7. The Morgan fingerprint density at radius 2 is 2.04 bits per heavy atom. The Balaban J connectivity index is 2.09. The van der Waals surface area contributed by atoms with E-state index in [1.807, 2.05) is 25.1 Å². The summed E-state index contributed by atoms with van der Waals surface area (Å²) in [6.07, 6.45) is 1.14. The lowest BCUT2D eigenvalue weighted by Gasteiger charge is -2.10. The number of oxime groups is 1. The summed E-state index contributed by atoms with van der Waals surface area (Å²) in [7, 11) is 0. The molecular formula is C19H19NO2S. The van der Waals surface area contributed by atoms with Gasteiger partial charge in [0.15, 0.2) is 0 Å². The van der Waals surface area contributed by atoms with Gasteiger partial charge in [-0.15, -0.1) is 11.8 Å². The van der Waals surface area contributed by atoms with Gasteiger partial charge in [0, 0.05) is 28.2 Å². The standard InChI is InChI=1S/C19H19NO2S/c1-3-6-18(21)22-20-19-15-8-5-4-7-14(15)12-23-17-10-9-13(2)11-16(17)19/h4-5,7-11H,3,6,12H2,1-2H3/b20-19+. The van der Waals surface area contributed by atoms with Gasteiger partial charge in [-0.25, -0.2) is 4.79 Å². The van der Waals surface area contributed by atoms with E-state index < -0.39 is 0 Å². The summed E-state index contributed by atoms with van der Waals surface area (Å²) in [5.41, 5.74) is 5.18. The number of aryl methyl sites for hydroxylation is 1. The monoisotopic (exact) mass is 325 g/mol. The van der Waals surface area contributed by atoms with Crippen LogP contribution in [0.3, 0.4) is 0 Å². The Labute approximate surface area is 140 Å². The summed E-state index contributed by atoms with van der Waals surface area (Å²) >= 11 is 1.79. The van der Waals surface area contributed by atoms with Crippen LogP contribution in [0.2, 0.25) is 0 Å². The molecule has 0 saturated heterocycles. The third-order valence-corrected chi connectivity index (χ3v) is 4.86. The van der Waals surface area contributed by atoms with Crippen LogP contribution >= 0.6 is 11.8 Å². The molecule has 3 rings (SSSR count). The third kappa shape index (κ3) is 3.48. The number of carbonyl (C=O) groups excluding carboxylic acids is 1. The van der Waals surface area contributed by atoms with Gasteiger partial charge >= 0.3 is 5.97 Å². The first kappa shape index (κ1) is 15.8. The average Bonchev–Trinajstić information content (AvgIpc) is 2.70. The lowest BCUT2D eigenvalue weighted by Crippen LogP contribution is -2.09. The zero-order valence-corrected chi connectivity index (χ0v) is 14.2. The molecule has 1 aliphatic heterocycles. The van der Waals surface area contributed by atoms with Crippen molar-refractivity contribution in [3.05, 3.63) is 64.7 Å². The van der Waals surface area contributed by atoms with Crippen LogP contribution in [0.15, 0.2) is 52.5 Å². The Kier molecular flexibility index (Phi) is 4.82. The summed E-state index contributed by atoms with van der Waals surface area (Å²) in [4.78, 5) is 18.1. The maximum Gasteiger partial charge on any atom is 0.335 e. The molecule has 3 nitrogen and oxygen atoms in total. The van der Waals surface area contributed by atoms with E-state index in [0.717, 1.165) is 39.5 Å². The lowest BCUT2D eigenvalue weighted by atomic mass is 9.97. The largest absolute Gasteiger partial charge is 0.335 e. The molecule has 1 heterocycles. The van der Waals surface area contributed by atoms with Gasteiger partial charge in [-0.2, -0.15) is 0 Å². The van der Waals surface area contributed by atoms with Crippen molar-refractivity contribution in [2.75, 3.05) is 0 Å². The van der Waals surface area contributed by atoms with E-state index >= 15 is 0 Å². The van der Waals surface area contributed by atoms with E-state index in [4.69, 9.17) is 4.84 Å². The quantitative estimate of drug-likeness (QED) is 0.606. The van der Waals surface area contributed by atoms with Crippen LogP contribution < -0.4 is 0 Å². The highest BCUT2D eigenvalue weighted by atomic mass is 32.2. The molecule has 118 valence electrons. The van der Waals surface area contributed by atoms with Crippen molar-refractivity contribution in [3.8, 4) is 0 Å². The Hall–Kier alpha value is -2.07. The number of nitrogens with zero attached hydrogens (tertiary/aromatic N) is 1. The second-order valence-corrected chi connectivity index (χ2v) is 6.62. The second kappa shape index (κ2) is 7.01. The van der Waals surface area contributed by atoms with Crippen molar-refractivity contribution < 1.29 is 9.63 Å². The second-order valence-electron chi connectivity index (χ2n) is 5.60. The lowest BCUT2D eigenvalue weighted by molar-refractivity contribution is -0.143. The number of hydrogen-bond acceptors (Lipinski definition) is 4. The smallest absolute Gasteiger partial charge is 0.318 e. The fourth-order valence-corrected chi connectivity index (χ4v) is 3.62. The zero-order valence-electron chi connectivity index (χ0n) is 13.3. The van der Waals surface area contributed by atoms with Crippen molar-refractivity contribution >= 4 is 23.4 Å². The highest BCUT2D eigenvalue weighted by Crippen LogP contribution is 2.34. The molecule has 0 saturated carbocycles. The van der Waals surface area contributed by atoms with E-state index in [9.17, 15) is 4.79 Å². The fraction of sp³-hybridized carbons (Fsp3) is 0.263. The molecule has 4 heteroatoms. The van der Waals surface area contributed by atoms with Crippen molar-refractivity contribution in [3.63, 3.8) is 0 Å². The topological polar surface area (TPSA) is 38.7 Å². The normalized spacial score (nSPS) is 14.8. The van der Waals surface area contributed by atoms with Crippen molar-refractivity contribution in [1.29, 1.82) is 0 Å². The minimum atomic E-state index is -0.288. The Bertz CT molecular complexity index is 768. The van der Waals surface area contributed by atoms with Gasteiger partial charge < -0.3 is 4.84 Å². The van der Waals surface area contributed by atoms with Gasteiger partial charge in [0.05, 0.1) is 0 Å². The predicted molar refractivity (Wildman–Crippen MR) is 93.8 cm³/mol. The van der Waals surface area contributed by atoms with Crippen molar-refractivity contribution in [1.82, 2.24) is 0 Å². The zero-order chi connectivity index (χ0) is 16.2. The van der Waals surface area contributed by atoms with Gasteiger partial charge in [0.1, 0.15) is 5.71 Å². The number of carbonyl (C=O) groups is 1. The first-order chi connectivity index (χ1) is 11.2. The van der Waals surface area contributed by atoms with Gasteiger partial charge in [0.2, 0.25) is 0 Å². The minimum absolute atomic E-state index is 0.288. The molecule has 2 aromatic carbocycles. The molecule has 0 aromatic heterocycles. The van der Waals surface area contributed by atoms with Gasteiger partial charge in [-0.05, 0) is 31.0 Å². The molecule has 0 atom stereocenters.